The van der Waals surface area contributed by atoms with E-state index in [1.807, 2.05) is 0 Å². The van der Waals surface area contributed by atoms with Gasteiger partial charge in [-0.25, -0.2) is 15.0 Å². The second kappa shape index (κ2) is 5.04. The van der Waals surface area contributed by atoms with Gasteiger partial charge in [0.2, 0.25) is 0 Å². The van der Waals surface area contributed by atoms with Crippen LogP contribution < -0.4 is 10.1 Å². The summed E-state index contributed by atoms with van der Waals surface area (Å²) in [6.07, 6.45) is 3.02. The molecule has 0 saturated carbocycles. The zero-order chi connectivity index (χ0) is 13.9. The Morgan fingerprint density at radius 2 is 2.20 bits per heavy atom. The van der Waals surface area contributed by atoms with Gasteiger partial charge in [-0.1, -0.05) is 0 Å². The van der Waals surface area contributed by atoms with Gasteiger partial charge < -0.3 is 20.1 Å². The van der Waals surface area contributed by atoms with Crippen LogP contribution in [0.1, 0.15) is 5.56 Å². The van der Waals surface area contributed by atoms with E-state index in [4.69, 9.17) is 4.74 Å². The first-order valence-corrected chi connectivity index (χ1v) is 6.02. The van der Waals surface area contributed by atoms with Crippen LogP contribution in [0.15, 0.2) is 30.9 Å². The summed E-state index contributed by atoms with van der Waals surface area (Å²) in [4.78, 5) is 15.3. The third kappa shape index (κ3) is 2.20. The van der Waals surface area contributed by atoms with Crippen molar-refractivity contribution in [2.45, 2.75) is 6.54 Å². The van der Waals surface area contributed by atoms with Gasteiger partial charge in [0.15, 0.2) is 11.5 Å². The van der Waals surface area contributed by atoms with Gasteiger partial charge >= 0.3 is 0 Å². The van der Waals surface area contributed by atoms with Crippen molar-refractivity contribution in [2.24, 2.45) is 0 Å². The van der Waals surface area contributed by atoms with Crippen molar-refractivity contribution in [1.82, 2.24) is 19.9 Å². The molecule has 2 heterocycles. The zero-order valence-corrected chi connectivity index (χ0v) is 10.8. The minimum Gasteiger partial charge on any atom is -0.508 e. The number of anilines is 1. The van der Waals surface area contributed by atoms with Crippen LogP contribution in [-0.4, -0.2) is 32.2 Å². The van der Waals surface area contributed by atoms with Gasteiger partial charge in [0.25, 0.3) is 0 Å². The average molecular weight is 271 g/mol. The van der Waals surface area contributed by atoms with Crippen LogP contribution in [0, 0.1) is 0 Å². The number of hydrogen-bond acceptors (Lipinski definition) is 6. The first-order chi connectivity index (χ1) is 9.78. The molecule has 0 aliphatic heterocycles. The van der Waals surface area contributed by atoms with Gasteiger partial charge in [-0.2, -0.15) is 0 Å². The number of phenolic OH excluding ortho intramolecular Hbond substituents is 1. The summed E-state index contributed by atoms with van der Waals surface area (Å²) < 4.78 is 5.26. The number of hydrogen-bond donors (Lipinski definition) is 3. The van der Waals surface area contributed by atoms with Crippen molar-refractivity contribution in [3.05, 3.63) is 36.4 Å². The summed E-state index contributed by atoms with van der Waals surface area (Å²) in [6.45, 7) is 0.461. The third-order valence-corrected chi connectivity index (χ3v) is 2.93. The fraction of sp³-hybridized carbons (Fsp3) is 0.154. The molecule has 1 aromatic carbocycles. The maximum absolute atomic E-state index is 9.54. The number of imidazole rings is 1. The lowest BCUT2D eigenvalue weighted by molar-refractivity contribution is 0.407. The number of nitrogens with zero attached hydrogens (tertiary/aromatic N) is 3. The second-order valence-electron chi connectivity index (χ2n) is 4.17. The molecule has 20 heavy (non-hydrogen) atoms. The maximum Gasteiger partial charge on any atom is 0.182 e. The lowest BCUT2D eigenvalue weighted by Crippen LogP contribution is -2.04. The zero-order valence-electron chi connectivity index (χ0n) is 10.8. The number of aromatic nitrogens is 4. The molecule has 0 unspecified atom stereocenters. The number of nitrogens with one attached hydrogen (secondary N) is 2. The Kier molecular flexibility index (Phi) is 3.08. The fourth-order valence-electron chi connectivity index (χ4n) is 1.98. The molecule has 0 radical (unpaired) electrons. The maximum atomic E-state index is 9.54. The van der Waals surface area contributed by atoms with Crippen molar-refractivity contribution in [3.8, 4) is 11.5 Å². The van der Waals surface area contributed by atoms with E-state index < -0.39 is 0 Å². The van der Waals surface area contributed by atoms with E-state index in [0.717, 1.165) is 11.1 Å². The predicted octanol–water partition coefficient (Wildman–Crippen LogP) is 1.68. The molecule has 3 rings (SSSR count). The van der Waals surface area contributed by atoms with E-state index in [1.54, 1.807) is 31.6 Å². The number of methoxy groups -OCH3 is 1. The Balaban J connectivity index is 1.86. The molecule has 7 nitrogen and oxygen atoms in total. The highest BCUT2D eigenvalue weighted by atomic mass is 16.5. The van der Waals surface area contributed by atoms with E-state index in [0.29, 0.717) is 23.8 Å². The highest BCUT2D eigenvalue weighted by molar-refractivity contribution is 5.81. The molecule has 3 aromatic rings. The summed E-state index contributed by atoms with van der Waals surface area (Å²) in [6, 6.07) is 4.95. The Morgan fingerprint density at radius 3 is 3.05 bits per heavy atom. The molecule has 2 aromatic heterocycles. The molecular formula is C13H13N5O2. The molecule has 0 saturated heterocycles. The van der Waals surface area contributed by atoms with Gasteiger partial charge in [-0.15, -0.1) is 0 Å². The molecule has 0 spiro atoms. The van der Waals surface area contributed by atoms with Crippen LogP contribution in [0.3, 0.4) is 0 Å². The summed E-state index contributed by atoms with van der Waals surface area (Å²) in [5, 5.41) is 12.7. The van der Waals surface area contributed by atoms with Gasteiger partial charge in [0.1, 0.15) is 23.3 Å². The highest BCUT2D eigenvalue weighted by Crippen LogP contribution is 2.24. The fourth-order valence-corrected chi connectivity index (χ4v) is 1.98. The average Bonchev–Trinajstić information content (AvgIpc) is 2.94. The van der Waals surface area contributed by atoms with Crippen molar-refractivity contribution in [1.29, 1.82) is 0 Å². The van der Waals surface area contributed by atoms with Crippen LogP contribution in [0.4, 0.5) is 5.82 Å². The number of aromatic amines is 1. The number of rotatable bonds is 4. The number of ether oxygens (including phenoxy) is 1. The lowest BCUT2D eigenvalue weighted by atomic mass is 10.2. The van der Waals surface area contributed by atoms with Crippen molar-refractivity contribution >= 4 is 17.0 Å². The molecule has 3 N–H and O–H groups in total. The highest BCUT2D eigenvalue weighted by Gasteiger charge is 2.08. The molecule has 7 heteroatoms. The van der Waals surface area contributed by atoms with Crippen molar-refractivity contribution in [3.63, 3.8) is 0 Å². The van der Waals surface area contributed by atoms with E-state index in [1.165, 1.54) is 6.33 Å². The molecule has 0 amide bonds. The largest absolute Gasteiger partial charge is 0.508 e. The van der Waals surface area contributed by atoms with E-state index in [-0.39, 0.29) is 5.75 Å². The molecule has 0 bridgehead atoms. The summed E-state index contributed by atoms with van der Waals surface area (Å²) >= 11 is 0. The van der Waals surface area contributed by atoms with Gasteiger partial charge in [0, 0.05) is 12.1 Å². The predicted molar refractivity (Wildman–Crippen MR) is 73.7 cm³/mol. The SMILES string of the molecule is COc1ccc(O)cc1CNc1ncnc2nc[nH]c12. The van der Waals surface area contributed by atoms with Gasteiger partial charge in [-0.05, 0) is 18.2 Å². The number of aromatic hydroxyl groups is 1. The van der Waals surface area contributed by atoms with Crippen LogP contribution >= 0.6 is 0 Å². The summed E-state index contributed by atoms with van der Waals surface area (Å²) in [5.41, 5.74) is 2.18. The van der Waals surface area contributed by atoms with Crippen LogP contribution in [-0.2, 0) is 6.54 Å². The van der Waals surface area contributed by atoms with Crippen LogP contribution in [0.25, 0.3) is 11.2 Å². The number of benzene rings is 1. The topological polar surface area (TPSA) is 96.0 Å². The number of H-pyrrole nitrogens is 1. The quantitative estimate of drug-likeness (QED) is 0.668. The lowest BCUT2D eigenvalue weighted by Gasteiger charge is -2.10. The van der Waals surface area contributed by atoms with Crippen LogP contribution in [0.5, 0.6) is 11.5 Å². The van der Waals surface area contributed by atoms with Crippen molar-refractivity contribution < 1.29 is 9.84 Å². The second-order valence-corrected chi connectivity index (χ2v) is 4.17. The van der Waals surface area contributed by atoms with E-state index >= 15 is 0 Å². The molecule has 0 atom stereocenters. The standard InChI is InChI=1S/C13H13N5O2/c1-20-10-3-2-9(19)4-8(10)5-14-12-11-13(16-6-15-11)18-7-17-12/h2-4,6-7,19H,5H2,1H3,(H2,14,15,16,17,18). The first-order valence-electron chi connectivity index (χ1n) is 6.02. The monoisotopic (exact) mass is 271 g/mol. The molecule has 102 valence electrons. The molecule has 0 aliphatic rings. The Morgan fingerprint density at radius 1 is 1.30 bits per heavy atom. The number of fused-ring (bicyclic) bond motifs is 1. The minimum absolute atomic E-state index is 0.192. The summed E-state index contributed by atoms with van der Waals surface area (Å²) in [7, 11) is 1.59. The van der Waals surface area contributed by atoms with E-state index in [2.05, 4.69) is 25.3 Å². The van der Waals surface area contributed by atoms with E-state index in [9.17, 15) is 5.11 Å². The van der Waals surface area contributed by atoms with Crippen molar-refractivity contribution in [2.75, 3.05) is 12.4 Å². The molecular weight excluding hydrogens is 258 g/mol. The Hall–Kier alpha value is -2.83. The van der Waals surface area contributed by atoms with Crippen LogP contribution in [0.2, 0.25) is 0 Å². The molecule has 0 aliphatic carbocycles. The first kappa shape index (κ1) is 12.2. The summed E-state index contributed by atoms with van der Waals surface area (Å²) in [5.74, 6) is 1.54. The molecule has 0 fully saturated rings. The normalized spacial score (nSPS) is 10.7. The third-order valence-electron chi connectivity index (χ3n) is 2.93. The Bertz CT molecular complexity index is 740. The van der Waals surface area contributed by atoms with Gasteiger partial charge in [0.05, 0.1) is 13.4 Å². The Labute approximate surface area is 114 Å². The van der Waals surface area contributed by atoms with Gasteiger partial charge in [-0.3, -0.25) is 0 Å². The smallest absolute Gasteiger partial charge is 0.182 e. The number of phenols is 1. The minimum atomic E-state index is 0.192.